The van der Waals surface area contributed by atoms with Crippen LogP contribution in [0.1, 0.15) is 39.5 Å². The zero-order valence-corrected chi connectivity index (χ0v) is 14.4. The van der Waals surface area contributed by atoms with Gasteiger partial charge in [-0.3, -0.25) is 4.55 Å². The summed E-state index contributed by atoms with van der Waals surface area (Å²) in [6, 6.07) is 0. The minimum absolute atomic E-state index is 0.00120. The van der Waals surface area contributed by atoms with Gasteiger partial charge >= 0.3 is 11.9 Å². The number of ether oxygens (including phenoxy) is 2. The van der Waals surface area contributed by atoms with E-state index in [1.54, 1.807) is 0 Å². The fraction of sp³-hybridized carbons (Fsp3) is 0.600. The van der Waals surface area contributed by atoms with E-state index in [2.05, 4.69) is 6.58 Å². The Hall–Kier alpha value is -1.67. The van der Waals surface area contributed by atoms with Crippen LogP contribution >= 0.6 is 0 Å². The third kappa shape index (κ3) is 11.5. The van der Waals surface area contributed by atoms with Crippen molar-refractivity contribution in [3.8, 4) is 0 Å². The Morgan fingerprint density at radius 2 is 1.65 bits per heavy atom. The quantitative estimate of drug-likeness (QED) is 0.200. The number of hydrogen-bond acceptors (Lipinski definition) is 6. The molecule has 0 aliphatic carbocycles. The van der Waals surface area contributed by atoms with E-state index in [0.717, 1.165) is 12.8 Å². The maximum absolute atomic E-state index is 11.6. The molecule has 0 saturated carbocycles. The molecule has 1 N–H and O–H groups in total. The average Bonchev–Trinajstić information content (AvgIpc) is 2.45. The summed E-state index contributed by atoms with van der Waals surface area (Å²) in [4.78, 5) is 23.2. The van der Waals surface area contributed by atoms with Crippen LogP contribution in [0.4, 0.5) is 0 Å². The molecule has 7 nitrogen and oxygen atoms in total. The molecule has 0 aromatic rings. The van der Waals surface area contributed by atoms with Crippen LogP contribution in [0, 0.1) is 0 Å². The summed E-state index contributed by atoms with van der Waals surface area (Å²) >= 11 is 0. The van der Waals surface area contributed by atoms with Crippen LogP contribution in [0.15, 0.2) is 23.8 Å². The molecule has 0 rings (SSSR count). The Balaban J connectivity index is 4.15. The largest absolute Gasteiger partial charge is 0.462 e. The van der Waals surface area contributed by atoms with Crippen LogP contribution in [0.5, 0.6) is 0 Å². The summed E-state index contributed by atoms with van der Waals surface area (Å²) in [6.07, 6.45) is 3.44. The Labute approximate surface area is 137 Å². The molecule has 0 bridgehead atoms. The van der Waals surface area contributed by atoms with E-state index in [1.807, 2.05) is 6.92 Å². The van der Waals surface area contributed by atoms with Crippen molar-refractivity contribution in [2.75, 3.05) is 19.0 Å². The first kappa shape index (κ1) is 21.3. The molecule has 0 radical (unpaired) electrons. The van der Waals surface area contributed by atoms with Crippen LogP contribution in [0.25, 0.3) is 0 Å². The van der Waals surface area contributed by atoms with Crippen molar-refractivity contribution in [2.45, 2.75) is 39.5 Å². The lowest BCUT2D eigenvalue weighted by molar-refractivity contribution is -0.139. The molecule has 0 atom stereocenters. The topological polar surface area (TPSA) is 107 Å². The first-order valence-electron chi connectivity index (χ1n) is 7.34. The van der Waals surface area contributed by atoms with Crippen molar-refractivity contribution >= 4 is 22.1 Å². The van der Waals surface area contributed by atoms with Gasteiger partial charge in [0.2, 0.25) is 0 Å². The molecule has 0 heterocycles. The van der Waals surface area contributed by atoms with E-state index < -0.39 is 22.1 Å². The van der Waals surface area contributed by atoms with E-state index in [9.17, 15) is 18.0 Å². The first-order chi connectivity index (χ1) is 10.7. The van der Waals surface area contributed by atoms with Gasteiger partial charge in [0, 0.05) is 5.57 Å². The number of esters is 2. The molecule has 0 fully saturated rings. The molecule has 0 aliphatic heterocycles. The number of hydrogen-bond donors (Lipinski definition) is 1. The van der Waals surface area contributed by atoms with Gasteiger partial charge in [-0.05, 0) is 32.3 Å². The molecular weight excluding hydrogens is 324 g/mol. The van der Waals surface area contributed by atoms with Crippen LogP contribution in [0.2, 0.25) is 0 Å². The van der Waals surface area contributed by atoms with Gasteiger partial charge in [-0.15, -0.1) is 0 Å². The molecule has 0 aliphatic rings. The third-order valence-corrected chi connectivity index (χ3v) is 3.54. The zero-order chi connectivity index (χ0) is 17.9. The second-order valence-corrected chi connectivity index (χ2v) is 6.54. The van der Waals surface area contributed by atoms with Gasteiger partial charge in [0.05, 0.1) is 24.5 Å². The highest BCUT2D eigenvalue weighted by atomic mass is 32.2. The maximum Gasteiger partial charge on any atom is 0.337 e. The molecule has 0 unspecified atom stereocenters. The lowest BCUT2D eigenvalue weighted by Crippen LogP contribution is -2.11. The van der Waals surface area contributed by atoms with Crippen molar-refractivity contribution < 1.29 is 32.0 Å². The van der Waals surface area contributed by atoms with E-state index in [-0.39, 0.29) is 29.9 Å². The summed E-state index contributed by atoms with van der Waals surface area (Å²) in [7, 11) is -4.00. The standard InChI is InChI=1S/C15H24O7S/c1-4-5-8-21-14(16)12(2)11-13(3)15(17)22-9-6-7-10-23(18,19)20/h11H,3-10H2,1-2H3,(H,18,19,20). The Morgan fingerprint density at radius 3 is 2.22 bits per heavy atom. The lowest BCUT2D eigenvalue weighted by atomic mass is 10.2. The number of carbonyl (C=O) groups is 2. The molecule has 132 valence electrons. The van der Waals surface area contributed by atoms with E-state index >= 15 is 0 Å². The first-order valence-corrected chi connectivity index (χ1v) is 8.95. The molecule has 0 spiro atoms. The Bertz CT molecular complexity index is 546. The number of rotatable bonds is 11. The van der Waals surface area contributed by atoms with Gasteiger partial charge in [0.15, 0.2) is 0 Å². The molecule has 0 aromatic carbocycles. The van der Waals surface area contributed by atoms with Crippen LogP contribution in [-0.4, -0.2) is 43.9 Å². The number of unbranched alkanes of at least 4 members (excludes halogenated alkanes) is 2. The Kier molecular flexibility index (Phi) is 10.2. The predicted molar refractivity (Wildman–Crippen MR) is 85.4 cm³/mol. The van der Waals surface area contributed by atoms with Crippen molar-refractivity contribution in [2.24, 2.45) is 0 Å². The van der Waals surface area contributed by atoms with Crippen molar-refractivity contribution in [1.29, 1.82) is 0 Å². The Morgan fingerprint density at radius 1 is 1.09 bits per heavy atom. The molecule has 23 heavy (non-hydrogen) atoms. The van der Waals surface area contributed by atoms with Gasteiger partial charge in [0.1, 0.15) is 0 Å². The summed E-state index contributed by atoms with van der Waals surface area (Å²) in [5.74, 6) is -1.59. The van der Waals surface area contributed by atoms with Gasteiger partial charge < -0.3 is 9.47 Å². The highest BCUT2D eigenvalue weighted by Gasteiger charge is 2.11. The fourth-order valence-electron chi connectivity index (χ4n) is 1.45. The van der Waals surface area contributed by atoms with Crippen molar-refractivity contribution in [3.05, 3.63) is 23.8 Å². The third-order valence-electron chi connectivity index (χ3n) is 2.74. The van der Waals surface area contributed by atoms with E-state index in [4.69, 9.17) is 14.0 Å². The summed E-state index contributed by atoms with van der Waals surface area (Å²) < 4.78 is 39.4. The smallest absolute Gasteiger partial charge is 0.337 e. The van der Waals surface area contributed by atoms with Crippen LogP contribution in [-0.2, 0) is 29.2 Å². The van der Waals surface area contributed by atoms with E-state index in [1.165, 1.54) is 13.0 Å². The highest BCUT2D eigenvalue weighted by Crippen LogP contribution is 2.06. The SMILES string of the molecule is C=C(C=C(C)C(=O)OCCCC)C(=O)OCCCCS(=O)(=O)O. The van der Waals surface area contributed by atoms with Crippen molar-refractivity contribution in [3.63, 3.8) is 0 Å². The predicted octanol–water partition coefficient (Wildman–Crippen LogP) is 2.04. The zero-order valence-electron chi connectivity index (χ0n) is 13.5. The van der Waals surface area contributed by atoms with Crippen molar-refractivity contribution in [1.82, 2.24) is 0 Å². The minimum atomic E-state index is -4.00. The minimum Gasteiger partial charge on any atom is -0.462 e. The van der Waals surface area contributed by atoms with Crippen LogP contribution < -0.4 is 0 Å². The summed E-state index contributed by atoms with van der Waals surface area (Å²) in [5, 5.41) is 0. The molecule has 0 amide bonds. The summed E-state index contributed by atoms with van der Waals surface area (Å²) in [6.45, 7) is 7.33. The molecular formula is C15H24O7S. The second kappa shape index (κ2) is 11.0. The van der Waals surface area contributed by atoms with Gasteiger partial charge in [-0.1, -0.05) is 19.9 Å². The van der Waals surface area contributed by atoms with E-state index in [0.29, 0.717) is 13.0 Å². The summed E-state index contributed by atoms with van der Waals surface area (Å²) in [5.41, 5.74) is 0.249. The van der Waals surface area contributed by atoms with Gasteiger partial charge in [-0.2, -0.15) is 8.42 Å². The normalized spacial score (nSPS) is 11.9. The number of carbonyl (C=O) groups excluding carboxylic acids is 2. The monoisotopic (exact) mass is 348 g/mol. The van der Waals surface area contributed by atoms with Gasteiger partial charge in [0.25, 0.3) is 10.1 Å². The molecule has 0 aromatic heterocycles. The molecule has 8 heteroatoms. The average molecular weight is 348 g/mol. The maximum atomic E-state index is 11.6. The second-order valence-electron chi connectivity index (χ2n) is 4.97. The molecule has 0 saturated heterocycles. The van der Waals surface area contributed by atoms with Crippen LogP contribution in [0.3, 0.4) is 0 Å². The lowest BCUT2D eigenvalue weighted by Gasteiger charge is -2.06. The highest BCUT2D eigenvalue weighted by molar-refractivity contribution is 7.85. The fourth-order valence-corrected chi connectivity index (χ4v) is 2.02. The van der Waals surface area contributed by atoms with Gasteiger partial charge in [-0.25, -0.2) is 9.59 Å².